The van der Waals surface area contributed by atoms with Crippen molar-refractivity contribution in [3.8, 4) is 5.75 Å². The van der Waals surface area contributed by atoms with Gasteiger partial charge in [-0.3, -0.25) is 4.79 Å². The highest BCUT2D eigenvalue weighted by atomic mass is 35.5. The highest BCUT2D eigenvalue weighted by Crippen LogP contribution is 2.31. The molecule has 31 heavy (non-hydrogen) atoms. The molecule has 1 aromatic carbocycles. The van der Waals surface area contributed by atoms with E-state index in [-0.39, 0.29) is 23.0 Å². The number of hydrogen-bond donors (Lipinski definition) is 1. The van der Waals surface area contributed by atoms with Crippen LogP contribution in [-0.4, -0.2) is 49.6 Å². The predicted molar refractivity (Wildman–Crippen MR) is 126 cm³/mol. The molecule has 164 valence electrons. The van der Waals surface area contributed by atoms with E-state index in [0.29, 0.717) is 27.3 Å². The normalized spacial score (nSPS) is 11.7. The number of thioether (sulfide) groups is 1. The van der Waals surface area contributed by atoms with Gasteiger partial charge in [0.15, 0.2) is 5.82 Å². The van der Waals surface area contributed by atoms with Gasteiger partial charge in [-0.05, 0) is 42.5 Å². The zero-order chi connectivity index (χ0) is 22.5. The van der Waals surface area contributed by atoms with Crippen LogP contribution in [0.5, 0.6) is 5.75 Å². The van der Waals surface area contributed by atoms with Crippen molar-refractivity contribution in [2.45, 2.75) is 11.8 Å². The third-order valence-corrected chi connectivity index (χ3v) is 6.66. The highest BCUT2D eigenvalue weighted by molar-refractivity contribution is 7.98. The lowest BCUT2D eigenvalue weighted by atomic mass is 10.2. The number of aromatic nitrogens is 2. The average molecular weight is 481 g/mol. The monoisotopic (exact) mass is 480 g/mol. The van der Waals surface area contributed by atoms with Gasteiger partial charge in [0.2, 0.25) is 0 Å². The number of H-pyrrole nitrogens is 1. The Kier molecular flexibility index (Phi) is 7.77. The molecule has 3 rings (SSSR count). The quantitative estimate of drug-likeness (QED) is 0.287. The van der Waals surface area contributed by atoms with E-state index in [0.717, 1.165) is 27.5 Å². The van der Waals surface area contributed by atoms with Crippen molar-refractivity contribution in [3.05, 3.63) is 50.4 Å². The summed E-state index contributed by atoms with van der Waals surface area (Å²) in [6, 6.07) is 5.69. The Balaban J connectivity index is 1.97. The number of thiophene rings is 1. The first kappa shape index (κ1) is 23.3. The van der Waals surface area contributed by atoms with Crippen molar-refractivity contribution in [2.75, 3.05) is 33.7 Å². The number of carbonyl (C=O) groups is 1. The first-order chi connectivity index (χ1) is 14.9. The van der Waals surface area contributed by atoms with E-state index in [1.807, 2.05) is 24.5 Å². The number of methoxy groups -OCH3 is 2. The van der Waals surface area contributed by atoms with Crippen molar-refractivity contribution in [1.82, 2.24) is 9.97 Å². The third-order valence-electron chi connectivity index (χ3n) is 4.43. The van der Waals surface area contributed by atoms with E-state index in [1.165, 1.54) is 7.11 Å². The van der Waals surface area contributed by atoms with E-state index >= 15 is 0 Å². The summed E-state index contributed by atoms with van der Waals surface area (Å²) in [4.78, 5) is 33.9. The molecular weight excluding hydrogens is 460 g/mol. The predicted octanol–water partition coefficient (Wildman–Crippen LogP) is 4.56. The van der Waals surface area contributed by atoms with Crippen LogP contribution in [0.3, 0.4) is 0 Å². The minimum Gasteiger partial charge on any atom is -0.496 e. The van der Waals surface area contributed by atoms with Crippen molar-refractivity contribution >= 4 is 62.0 Å². The molecule has 0 aliphatic heterocycles. The Morgan fingerprint density at radius 3 is 2.77 bits per heavy atom. The molecule has 0 unspecified atom stereocenters. The van der Waals surface area contributed by atoms with Crippen LogP contribution in [-0.2, 0) is 9.47 Å². The summed E-state index contributed by atoms with van der Waals surface area (Å²) >= 11 is 9.13. The number of ether oxygens (including phenoxy) is 3. The lowest BCUT2D eigenvalue weighted by molar-refractivity contribution is 0.0393. The van der Waals surface area contributed by atoms with Crippen LogP contribution in [0.25, 0.3) is 21.3 Å². The number of rotatable bonds is 8. The average Bonchev–Trinajstić information content (AvgIpc) is 3.10. The fourth-order valence-corrected chi connectivity index (χ4v) is 4.73. The molecule has 2 aromatic heterocycles. The van der Waals surface area contributed by atoms with Gasteiger partial charge in [-0.25, -0.2) is 9.78 Å². The number of nitrogens with zero attached hydrogens (tertiary/aromatic N) is 1. The second kappa shape index (κ2) is 10.3. The first-order valence-corrected chi connectivity index (χ1v) is 11.6. The SMILES string of the molecule is COCCOC(=O)c1sc2nc(/C(Cl)=C/c3ccc(SC)c(OC)c3)[nH]c(=O)c2c1C. The second-order valence-corrected chi connectivity index (χ2v) is 8.64. The Morgan fingerprint density at radius 2 is 2.10 bits per heavy atom. The van der Waals surface area contributed by atoms with Crippen molar-refractivity contribution in [3.63, 3.8) is 0 Å². The maximum absolute atomic E-state index is 12.7. The molecule has 0 radical (unpaired) electrons. The van der Waals surface area contributed by atoms with Crippen LogP contribution >= 0.6 is 34.7 Å². The van der Waals surface area contributed by atoms with Gasteiger partial charge in [0, 0.05) is 12.0 Å². The van der Waals surface area contributed by atoms with Gasteiger partial charge in [0.25, 0.3) is 5.56 Å². The minimum absolute atomic E-state index is 0.130. The molecule has 0 fully saturated rings. The largest absolute Gasteiger partial charge is 0.496 e. The number of benzene rings is 1. The van der Waals surface area contributed by atoms with Gasteiger partial charge in [0.05, 0.1) is 24.1 Å². The summed E-state index contributed by atoms with van der Waals surface area (Å²) in [5, 5.41) is 0.608. The molecule has 0 spiro atoms. The van der Waals surface area contributed by atoms with E-state index in [9.17, 15) is 9.59 Å². The molecule has 0 amide bonds. The molecule has 10 heteroatoms. The van der Waals surface area contributed by atoms with Crippen molar-refractivity contribution < 1.29 is 19.0 Å². The topological polar surface area (TPSA) is 90.5 Å². The fourth-order valence-electron chi connectivity index (χ4n) is 2.89. The maximum atomic E-state index is 12.7. The number of aryl methyl sites for hydroxylation is 1. The van der Waals surface area contributed by atoms with Gasteiger partial charge in [0.1, 0.15) is 22.1 Å². The van der Waals surface area contributed by atoms with Gasteiger partial charge in [-0.2, -0.15) is 0 Å². The zero-order valence-electron chi connectivity index (χ0n) is 17.4. The molecule has 2 heterocycles. The Labute approximate surface area is 192 Å². The molecule has 1 N–H and O–H groups in total. The van der Waals surface area contributed by atoms with Crippen LogP contribution < -0.4 is 10.3 Å². The Hall–Kier alpha value is -2.33. The molecule has 0 saturated heterocycles. The fraction of sp³-hybridized carbons (Fsp3) is 0.286. The van der Waals surface area contributed by atoms with Gasteiger partial charge >= 0.3 is 5.97 Å². The number of nitrogens with one attached hydrogen (secondary N) is 1. The molecule has 0 bridgehead atoms. The van der Waals surface area contributed by atoms with Crippen LogP contribution in [0.15, 0.2) is 27.9 Å². The maximum Gasteiger partial charge on any atom is 0.348 e. The van der Waals surface area contributed by atoms with Crippen LogP contribution in [0, 0.1) is 6.92 Å². The highest BCUT2D eigenvalue weighted by Gasteiger charge is 2.21. The zero-order valence-corrected chi connectivity index (χ0v) is 19.8. The minimum atomic E-state index is -0.513. The number of aromatic amines is 1. The molecule has 0 aliphatic rings. The van der Waals surface area contributed by atoms with Crippen LogP contribution in [0.4, 0.5) is 0 Å². The molecule has 3 aromatic rings. The van der Waals surface area contributed by atoms with E-state index in [2.05, 4.69) is 9.97 Å². The second-order valence-electron chi connectivity index (χ2n) is 6.39. The van der Waals surface area contributed by atoms with Gasteiger partial charge in [-0.15, -0.1) is 23.1 Å². The summed E-state index contributed by atoms with van der Waals surface area (Å²) in [5.74, 6) is 0.432. The molecule has 7 nitrogen and oxygen atoms in total. The lowest BCUT2D eigenvalue weighted by Gasteiger charge is -2.07. The number of fused-ring (bicyclic) bond motifs is 1. The van der Waals surface area contributed by atoms with Crippen molar-refractivity contribution in [2.24, 2.45) is 0 Å². The van der Waals surface area contributed by atoms with E-state index in [4.69, 9.17) is 25.8 Å². The lowest BCUT2D eigenvalue weighted by Crippen LogP contribution is -2.11. The molecule has 0 atom stereocenters. The van der Waals surface area contributed by atoms with Crippen molar-refractivity contribution in [1.29, 1.82) is 0 Å². The Morgan fingerprint density at radius 1 is 1.32 bits per heavy atom. The summed E-state index contributed by atoms with van der Waals surface area (Å²) in [6.45, 7) is 2.12. The molecule has 0 saturated carbocycles. The van der Waals surface area contributed by atoms with Crippen LogP contribution in [0.2, 0.25) is 0 Å². The number of hydrogen-bond acceptors (Lipinski definition) is 8. The Bertz CT molecular complexity index is 1200. The van der Waals surface area contributed by atoms with Gasteiger partial charge < -0.3 is 19.2 Å². The molecular formula is C21H21ClN2O5S2. The summed E-state index contributed by atoms with van der Waals surface area (Å²) in [6.07, 6.45) is 3.66. The summed E-state index contributed by atoms with van der Waals surface area (Å²) < 4.78 is 15.5. The van der Waals surface area contributed by atoms with Crippen LogP contribution in [0.1, 0.15) is 26.6 Å². The summed E-state index contributed by atoms with van der Waals surface area (Å²) in [5.41, 5.74) is 0.957. The van der Waals surface area contributed by atoms with E-state index in [1.54, 1.807) is 31.9 Å². The van der Waals surface area contributed by atoms with Gasteiger partial charge in [-0.1, -0.05) is 17.7 Å². The number of halogens is 1. The smallest absolute Gasteiger partial charge is 0.348 e. The number of esters is 1. The number of carbonyl (C=O) groups excluding carboxylic acids is 1. The summed E-state index contributed by atoms with van der Waals surface area (Å²) in [7, 11) is 3.13. The molecule has 0 aliphatic carbocycles. The third kappa shape index (κ3) is 5.12. The standard InChI is InChI=1S/C21H21ClN2O5S2/c1-11-16-19(25)23-18(24-20(16)31-17(11)21(26)29-8-7-27-2)13(22)9-12-5-6-15(30-4)14(10-12)28-3/h5-6,9-10H,7-8H2,1-4H3,(H,23,24,25)/b13-9-. The van der Waals surface area contributed by atoms with E-state index < -0.39 is 5.97 Å². The first-order valence-electron chi connectivity index (χ1n) is 9.18.